The quantitative estimate of drug-likeness (QED) is 0.516. The van der Waals surface area contributed by atoms with Crippen molar-refractivity contribution in [2.75, 3.05) is 17.7 Å². The van der Waals surface area contributed by atoms with Crippen LogP contribution in [0.4, 0.5) is 9.52 Å². The SMILES string of the molecule is CC1CCCCC1OCCSc1nnc(NCc2ccc(F)cc2)s1. The number of aromatic nitrogens is 2. The second-order valence-corrected chi connectivity index (χ2v) is 8.69. The van der Waals surface area contributed by atoms with Gasteiger partial charge in [0, 0.05) is 12.3 Å². The van der Waals surface area contributed by atoms with Gasteiger partial charge in [-0.25, -0.2) is 4.39 Å². The van der Waals surface area contributed by atoms with Gasteiger partial charge in [0.15, 0.2) is 4.34 Å². The van der Waals surface area contributed by atoms with Crippen LogP contribution < -0.4 is 5.32 Å². The summed E-state index contributed by atoms with van der Waals surface area (Å²) >= 11 is 3.23. The van der Waals surface area contributed by atoms with E-state index in [0.29, 0.717) is 18.6 Å². The second-order valence-electron chi connectivity index (χ2n) is 6.37. The minimum Gasteiger partial charge on any atom is -0.377 e. The molecule has 0 aliphatic heterocycles. The molecule has 2 unspecified atom stereocenters. The Morgan fingerprint density at radius 1 is 1.24 bits per heavy atom. The Morgan fingerprint density at radius 3 is 2.84 bits per heavy atom. The molecular weight excluding hydrogens is 357 g/mol. The van der Waals surface area contributed by atoms with Crippen molar-refractivity contribution in [3.05, 3.63) is 35.6 Å². The molecule has 136 valence electrons. The Kier molecular flexibility index (Phi) is 7.07. The van der Waals surface area contributed by atoms with Crippen LogP contribution in [0.25, 0.3) is 0 Å². The van der Waals surface area contributed by atoms with Crippen LogP contribution in [-0.4, -0.2) is 28.7 Å². The number of hydrogen-bond donors (Lipinski definition) is 1. The molecule has 0 bridgehead atoms. The fourth-order valence-corrected chi connectivity index (χ4v) is 4.63. The third-order valence-corrected chi connectivity index (χ3v) is 6.42. The van der Waals surface area contributed by atoms with Crippen LogP contribution in [0.15, 0.2) is 28.6 Å². The van der Waals surface area contributed by atoms with Gasteiger partial charge in [-0.1, -0.05) is 55.0 Å². The van der Waals surface area contributed by atoms with E-state index in [1.165, 1.54) is 37.8 Å². The first-order valence-electron chi connectivity index (χ1n) is 8.77. The lowest BCUT2D eigenvalue weighted by Crippen LogP contribution is -2.26. The lowest BCUT2D eigenvalue weighted by atomic mass is 9.88. The van der Waals surface area contributed by atoms with Crippen LogP contribution in [0.5, 0.6) is 0 Å². The number of nitrogens with zero attached hydrogens (tertiary/aromatic N) is 2. The molecule has 0 spiro atoms. The van der Waals surface area contributed by atoms with Crippen molar-refractivity contribution >= 4 is 28.2 Å². The van der Waals surface area contributed by atoms with E-state index in [1.807, 2.05) is 0 Å². The van der Waals surface area contributed by atoms with Gasteiger partial charge in [0.25, 0.3) is 0 Å². The first-order chi connectivity index (χ1) is 12.2. The van der Waals surface area contributed by atoms with Crippen molar-refractivity contribution in [1.82, 2.24) is 10.2 Å². The van der Waals surface area contributed by atoms with Crippen molar-refractivity contribution in [2.24, 2.45) is 5.92 Å². The van der Waals surface area contributed by atoms with Crippen molar-refractivity contribution in [3.63, 3.8) is 0 Å². The first-order valence-corrected chi connectivity index (χ1v) is 10.6. The topological polar surface area (TPSA) is 47.0 Å². The first kappa shape index (κ1) is 18.6. The number of anilines is 1. The highest BCUT2D eigenvalue weighted by molar-refractivity contribution is 8.01. The van der Waals surface area contributed by atoms with Gasteiger partial charge in [-0.2, -0.15) is 0 Å². The number of hydrogen-bond acceptors (Lipinski definition) is 6. The van der Waals surface area contributed by atoms with Gasteiger partial charge < -0.3 is 10.1 Å². The monoisotopic (exact) mass is 381 g/mol. The van der Waals surface area contributed by atoms with Crippen LogP contribution in [0, 0.1) is 11.7 Å². The highest BCUT2D eigenvalue weighted by atomic mass is 32.2. The number of thioether (sulfide) groups is 1. The predicted molar refractivity (Wildman–Crippen MR) is 102 cm³/mol. The van der Waals surface area contributed by atoms with Crippen molar-refractivity contribution < 1.29 is 9.13 Å². The maximum absolute atomic E-state index is 12.9. The van der Waals surface area contributed by atoms with Gasteiger partial charge in [-0.05, 0) is 36.5 Å². The van der Waals surface area contributed by atoms with Crippen molar-refractivity contribution in [1.29, 1.82) is 0 Å². The average Bonchev–Trinajstić information content (AvgIpc) is 3.07. The third-order valence-electron chi connectivity index (χ3n) is 4.44. The van der Waals surface area contributed by atoms with E-state index in [9.17, 15) is 4.39 Å². The Balaban J connectivity index is 1.36. The largest absolute Gasteiger partial charge is 0.377 e. The summed E-state index contributed by atoms with van der Waals surface area (Å²) in [6.07, 6.45) is 5.55. The van der Waals surface area contributed by atoms with E-state index < -0.39 is 0 Å². The predicted octanol–water partition coefficient (Wildman–Crippen LogP) is 4.98. The number of ether oxygens (including phenoxy) is 1. The van der Waals surface area contributed by atoms with E-state index >= 15 is 0 Å². The molecule has 7 heteroatoms. The molecule has 25 heavy (non-hydrogen) atoms. The molecule has 1 aromatic carbocycles. The lowest BCUT2D eigenvalue weighted by Gasteiger charge is -2.28. The maximum Gasteiger partial charge on any atom is 0.206 e. The van der Waals surface area contributed by atoms with Gasteiger partial charge in [-0.15, -0.1) is 10.2 Å². The number of nitrogens with one attached hydrogen (secondary N) is 1. The summed E-state index contributed by atoms with van der Waals surface area (Å²) < 4.78 is 19.9. The molecule has 1 saturated carbocycles. The molecule has 3 rings (SSSR count). The van der Waals surface area contributed by atoms with Crippen LogP contribution >= 0.6 is 23.1 Å². The van der Waals surface area contributed by atoms with Crippen molar-refractivity contribution in [2.45, 2.75) is 49.6 Å². The lowest BCUT2D eigenvalue weighted by molar-refractivity contribution is 0.00347. The van der Waals surface area contributed by atoms with Gasteiger partial charge in [0.2, 0.25) is 5.13 Å². The fourth-order valence-electron chi connectivity index (χ4n) is 2.98. The molecule has 1 aliphatic carbocycles. The smallest absolute Gasteiger partial charge is 0.206 e. The Hall–Kier alpha value is -1.18. The summed E-state index contributed by atoms with van der Waals surface area (Å²) in [7, 11) is 0. The molecule has 0 amide bonds. The van der Waals surface area contributed by atoms with E-state index in [2.05, 4.69) is 22.4 Å². The standard InChI is InChI=1S/C18H24FN3OS2/c1-13-4-2-3-5-16(13)23-10-11-24-18-22-21-17(25-18)20-12-14-6-8-15(19)9-7-14/h6-9,13,16H,2-5,10-12H2,1H3,(H,20,21). The average molecular weight is 382 g/mol. The van der Waals surface area contributed by atoms with Gasteiger partial charge >= 0.3 is 0 Å². The van der Waals surface area contributed by atoms with Gasteiger partial charge in [0.05, 0.1) is 12.7 Å². The van der Waals surface area contributed by atoms with E-state index in [4.69, 9.17) is 4.74 Å². The molecule has 1 fully saturated rings. The normalized spacial score (nSPS) is 20.6. The summed E-state index contributed by atoms with van der Waals surface area (Å²) in [4.78, 5) is 0. The van der Waals surface area contributed by atoms with Gasteiger partial charge in [0.1, 0.15) is 5.82 Å². The molecule has 1 aliphatic rings. The summed E-state index contributed by atoms with van der Waals surface area (Å²) in [5.41, 5.74) is 1.01. The molecule has 1 aromatic heterocycles. The summed E-state index contributed by atoms with van der Waals surface area (Å²) in [6, 6.07) is 6.46. The molecule has 1 heterocycles. The molecular formula is C18H24FN3OS2. The molecule has 2 aromatic rings. The highest BCUT2D eigenvalue weighted by Crippen LogP contribution is 2.28. The minimum atomic E-state index is -0.219. The Labute approximate surface area is 156 Å². The van der Waals surface area contributed by atoms with Crippen molar-refractivity contribution in [3.8, 4) is 0 Å². The number of rotatable bonds is 8. The summed E-state index contributed by atoms with van der Waals surface area (Å²) in [5, 5.41) is 12.4. The zero-order chi connectivity index (χ0) is 17.5. The molecule has 0 saturated heterocycles. The van der Waals surface area contributed by atoms with E-state index in [1.54, 1.807) is 35.2 Å². The molecule has 0 radical (unpaired) electrons. The minimum absolute atomic E-state index is 0.219. The van der Waals surface area contributed by atoms with Crippen LogP contribution in [-0.2, 0) is 11.3 Å². The third kappa shape index (κ3) is 5.94. The molecule has 2 atom stereocenters. The fraction of sp³-hybridized carbons (Fsp3) is 0.556. The highest BCUT2D eigenvalue weighted by Gasteiger charge is 2.21. The Bertz CT molecular complexity index is 650. The second kappa shape index (κ2) is 9.50. The van der Waals surface area contributed by atoms with Crippen LogP contribution in [0.3, 0.4) is 0 Å². The zero-order valence-electron chi connectivity index (χ0n) is 14.4. The zero-order valence-corrected chi connectivity index (χ0v) is 16.0. The number of halogens is 1. The summed E-state index contributed by atoms with van der Waals surface area (Å²) in [6.45, 7) is 3.67. The maximum atomic E-state index is 12.9. The molecule has 4 nitrogen and oxygen atoms in total. The van der Waals surface area contributed by atoms with Crippen LogP contribution in [0.1, 0.15) is 38.2 Å². The Morgan fingerprint density at radius 2 is 2.04 bits per heavy atom. The van der Waals surface area contributed by atoms with Gasteiger partial charge in [-0.3, -0.25) is 0 Å². The summed E-state index contributed by atoms with van der Waals surface area (Å²) in [5.74, 6) is 1.36. The van der Waals surface area contributed by atoms with E-state index in [-0.39, 0.29) is 5.82 Å². The van der Waals surface area contributed by atoms with E-state index in [0.717, 1.165) is 27.4 Å². The number of benzene rings is 1. The molecule has 1 N–H and O–H groups in total. The van der Waals surface area contributed by atoms with Crippen LogP contribution in [0.2, 0.25) is 0 Å².